The van der Waals surface area contributed by atoms with Crippen LogP contribution in [0.2, 0.25) is 0 Å². The summed E-state index contributed by atoms with van der Waals surface area (Å²) < 4.78 is 32.3. The van der Waals surface area contributed by atoms with E-state index in [2.05, 4.69) is 10.1 Å². The number of nitrogens with zero attached hydrogens (tertiary/aromatic N) is 4. The van der Waals surface area contributed by atoms with Crippen LogP contribution in [0.25, 0.3) is 0 Å². The number of sulfonamides is 1. The van der Waals surface area contributed by atoms with Crippen LogP contribution in [0, 0.1) is 13.8 Å². The maximum atomic E-state index is 12.9. The molecule has 8 nitrogen and oxygen atoms in total. The van der Waals surface area contributed by atoms with Gasteiger partial charge in [-0.05, 0) is 63.1 Å². The number of aryl methyl sites for hydroxylation is 2. The number of benzene rings is 2. The van der Waals surface area contributed by atoms with Crippen LogP contribution in [0.4, 0.5) is 5.69 Å². The highest BCUT2D eigenvalue weighted by molar-refractivity contribution is 7.92. The number of aromatic nitrogens is 2. The highest BCUT2D eigenvalue weighted by Gasteiger charge is 2.28. The third-order valence-electron chi connectivity index (χ3n) is 5.83. The second kappa shape index (κ2) is 8.74. The van der Waals surface area contributed by atoms with Crippen LogP contribution >= 0.6 is 0 Å². The van der Waals surface area contributed by atoms with E-state index in [1.54, 1.807) is 55.5 Å². The molecule has 0 saturated carbocycles. The van der Waals surface area contributed by atoms with E-state index in [0.29, 0.717) is 36.1 Å². The Morgan fingerprint density at radius 2 is 1.66 bits per heavy atom. The fourth-order valence-corrected chi connectivity index (χ4v) is 5.01. The first kappa shape index (κ1) is 22.0. The molecular weight excluding hydrogens is 428 g/mol. The van der Waals surface area contributed by atoms with Gasteiger partial charge in [0.15, 0.2) is 5.82 Å². The van der Waals surface area contributed by atoms with Crippen LogP contribution in [0.3, 0.4) is 0 Å². The van der Waals surface area contributed by atoms with Gasteiger partial charge in [-0.25, -0.2) is 8.42 Å². The van der Waals surface area contributed by atoms with Gasteiger partial charge in [0.2, 0.25) is 5.89 Å². The van der Waals surface area contributed by atoms with Gasteiger partial charge in [0.05, 0.1) is 10.6 Å². The summed E-state index contributed by atoms with van der Waals surface area (Å²) in [4.78, 5) is 19.3. The van der Waals surface area contributed by atoms with Gasteiger partial charge in [0.1, 0.15) is 0 Å². The molecule has 1 aliphatic heterocycles. The average molecular weight is 455 g/mol. The van der Waals surface area contributed by atoms with Gasteiger partial charge in [-0.3, -0.25) is 9.10 Å². The minimum atomic E-state index is -3.68. The Balaban J connectivity index is 1.42. The van der Waals surface area contributed by atoms with Gasteiger partial charge in [-0.2, -0.15) is 4.98 Å². The van der Waals surface area contributed by atoms with Gasteiger partial charge in [0.25, 0.3) is 15.9 Å². The van der Waals surface area contributed by atoms with Crippen molar-refractivity contribution in [1.82, 2.24) is 15.0 Å². The van der Waals surface area contributed by atoms with Crippen molar-refractivity contribution in [3.8, 4) is 0 Å². The molecule has 0 atom stereocenters. The average Bonchev–Trinajstić information content (AvgIpc) is 3.25. The summed E-state index contributed by atoms with van der Waals surface area (Å²) in [7, 11) is -2.17. The van der Waals surface area contributed by atoms with E-state index in [-0.39, 0.29) is 16.7 Å². The Kier molecular flexibility index (Phi) is 6.01. The second-order valence-corrected chi connectivity index (χ2v) is 10.0. The lowest BCUT2D eigenvalue weighted by Crippen LogP contribution is -2.38. The highest BCUT2D eigenvalue weighted by atomic mass is 32.2. The Labute approximate surface area is 187 Å². The molecule has 168 valence electrons. The van der Waals surface area contributed by atoms with Crippen LogP contribution in [0.1, 0.15) is 46.4 Å². The number of hydrogen-bond acceptors (Lipinski definition) is 6. The molecule has 1 amide bonds. The number of carbonyl (C=O) groups excluding carboxylic acids is 1. The molecule has 0 spiro atoms. The Morgan fingerprint density at radius 3 is 2.22 bits per heavy atom. The van der Waals surface area contributed by atoms with E-state index in [9.17, 15) is 13.2 Å². The molecule has 2 aromatic carbocycles. The van der Waals surface area contributed by atoms with Crippen molar-refractivity contribution < 1.29 is 17.7 Å². The molecule has 1 aromatic heterocycles. The topological polar surface area (TPSA) is 96.6 Å². The smallest absolute Gasteiger partial charge is 0.264 e. The predicted octanol–water partition coefficient (Wildman–Crippen LogP) is 3.53. The van der Waals surface area contributed by atoms with E-state index in [1.165, 1.54) is 11.4 Å². The minimum Gasteiger partial charge on any atom is -0.339 e. The molecular formula is C23H26N4O4S. The van der Waals surface area contributed by atoms with Crippen molar-refractivity contribution in [3.05, 3.63) is 71.4 Å². The summed E-state index contributed by atoms with van der Waals surface area (Å²) in [5.74, 6) is 1.36. The standard InChI is InChI=1S/C23H26N4O4S/c1-16-4-10-21(11-5-16)32(29,30)26(3)20-8-6-19(7-9-20)23(28)27-14-12-18(13-15-27)22-24-17(2)25-31-22/h4-11,18H,12-15H2,1-3H3. The number of carbonyl (C=O) groups is 1. The summed E-state index contributed by atoms with van der Waals surface area (Å²) >= 11 is 0. The highest BCUT2D eigenvalue weighted by Crippen LogP contribution is 2.28. The van der Waals surface area contributed by atoms with Crippen LogP contribution in [-0.4, -0.2) is 49.5 Å². The van der Waals surface area contributed by atoms with E-state index in [0.717, 1.165) is 18.4 Å². The molecule has 0 bridgehead atoms. The van der Waals surface area contributed by atoms with Crippen LogP contribution < -0.4 is 4.31 Å². The van der Waals surface area contributed by atoms with Crippen molar-refractivity contribution in [3.63, 3.8) is 0 Å². The number of amides is 1. The molecule has 32 heavy (non-hydrogen) atoms. The summed E-state index contributed by atoms with van der Waals surface area (Å²) in [6, 6.07) is 13.4. The number of rotatable bonds is 5. The maximum Gasteiger partial charge on any atom is 0.264 e. The first-order chi connectivity index (χ1) is 15.3. The SMILES string of the molecule is Cc1ccc(S(=O)(=O)N(C)c2ccc(C(=O)N3CCC(c4nc(C)no4)CC3)cc2)cc1. The van der Waals surface area contributed by atoms with Crippen LogP contribution in [0.5, 0.6) is 0 Å². The fraction of sp³-hybridized carbons (Fsp3) is 0.348. The lowest BCUT2D eigenvalue weighted by atomic mass is 9.96. The quantitative estimate of drug-likeness (QED) is 0.585. The predicted molar refractivity (Wildman–Crippen MR) is 120 cm³/mol. The van der Waals surface area contributed by atoms with E-state index in [4.69, 9.17) is 4.52 Å². The molecule has 2 heterocycles. The lowest BCUT2D eigenvalue weighted by molar-refractivity contribution is 0.0704. The molecule has 1 fully saturated rings. The molecule has 0 N–H and O–H groups in total. The second-order valence-electron chi connectivity index (χ2n) is 8.08. The summed E-state index contributed by atoms with van der Waals surface area (Å²) in [5, 5.41) is 3.84. The number of likely N-dealkylation sites (tertiary alicyclic amines) is 1. The van der Waals surface area contributed by atoms with E-state index < -0.39 is 10.0 Å². The maximum absolute atomic E-state index is 12.9. The molecule has 1 saturated heterocycles. The zero-order chi connectivity index (χ0) is 22.9. The normalized spacial score (nSPS) is 15.0. The molecule has 9 heteroatoms. The first-order valence-electron chi connectivity index (χ1n) is 10.5. The van der Waals surface area contributed by atoms with Crippen LogP contribution in [-0.2, 0) is 10.0 Å². The van der Waals surface area contributed by atoms with Gasteiger partial charge < -0.3 is 9.42 Å². The fourth-order valence-electron chi connectivity index (χ4n) is 3.81. The Hall–Kier alpha value is -3.20. The van der Waals surface area contributed by atoms with Gasteiger partial charge >= 0.3 is 0 Å². The zero-order valence-electron chi connectivity index (χ0n) is 18.4. The number of piperidine rings is 1. The van der Waals surface area contributed by atoms with Crippen molar-refractivity contribution in [2.75, 3.05) is 24.4 Å². The van der Waals surface area contributed by atoms with Gasteiger partial charge in [-0.15, -0.1) is 0 Å². The van der Waals surface area contributed by atoms with E-state index >= 15 is 0 Å². The largest absolute Gasteiger partial charge is 0.339 e. The van der Waals surface area contributed by atoms with Crippen molar-refractivity contribution in [1.29, 1.82) is 0 Å². The Bertz CT molecular complexity index is 1200. The van der Waals surface area contributed by atoms with Gasteiger partial charge in [0, 0.05) is 31.6 Å². The van der Waals surface area contributed by atoms with E-state index in [1.807, 2.05) is 11.8 Å². The van der Waals surface area contributed by atoms with Crippen molar-refractivity contribution >= 4 is 21.6 Å². The molecule has 0 unspecified atom stereocenters. The molecule has 0 radical (unpaired) electrons. The number of anilines is 1. The molecule has 1 aliphatic rings. The van der Waals surface area contributed by atoms with Crippen LogP contribution in [0.15, 0.2) is 57.9 Å². The minimum absolute atomic E-state index is 0.0687. The van der Waals surface area contributed by atoms with Crippen molar-refractivity contribution in [2.24, 2.45) is 0 Å². The number of hydrogen-bond donors (Lipinski definition) is 0. The monoisotopic (exact) mass is 454 g/mol. The summed E-state index contributed by atoms with van der Waals surface area (Å²) in [6.07, 6.45) is 1.53. The summed E-state index contributed by atoms with van der Waals surface area (Å²) in [5.41, 5.74) is 2.01. The first-order valence-corrected chi connectivity index (χ1v) is 11.9. The van der Waals surface area contributed by atoms with Crippen molar-refractivity contribution in [2.45, 2.75) is 37.5 Å². The third kappa shape index (κ3) is 4.38. The third-order valence-corrected chi connectivity index (χ3v) is 7.63. The molecule has 0 aliphatic carbocycles. The lowest BCUT2D eigenvalue weighted by Gasteiger charge is -2.30. The zero-order valence-corrected chi connectivity index (χ0v) is 19.2. The van der Waals surface area contributed by atoms with Gasteiger partial charge in [-0.1, -0.05) is 22.9 Å². The molecule has 4 rings (SSSR count). The summed E-state index contributed by atoms with van der Waals surface area (Å²) in [6.45, 7) is 4.91. The molecule has 3 aromatic rings. The Morgan fingerprint density at radius 1 is 1.03 bits per heavy atom.